The van der Waals surface area contributed by atoms with Gasteiger partial charge in [-0.05, 0) is 17.7 Å². The molecule has 2 heterocycles. The van der Waals surface area contributed by atoms with E-state index in [1.165, 1.54) is 0 Å². The van der Waals surface area contributed by atoms with Crippen molar-refractivity contribution in [1.29, 1.82) is 0 Å². The average molecular weight is 362 g/mol. The van der Waals surface area contributed by atoms with Crippen LogP contribution in [-0.4, -0.2) is 37.6 Å². The van der Waals surface area contributed by atoms with Crippen molar-refractivity contribution < 1.29 is 18.9 Å². The Labute approximate surface area is 157 Å². The maximum absolute atomic E-state index is 7.10. The summed E-state index contributed by atoms with van der Waals surface area (Å²) in [6.45, 7) is 15.5. The van der Waals surface area contributed by atoms with Gasteiger partial charge in [-0.15, -0.1) is 0 Å². The Morgan fingerprint density at radius 1 is 0.889 bits per heavy atom. The van der Waals surface area contributed by atoms with E-state index >= 15 is 0 Å². The Morgan fingerprint density at radius 2 is 1.56 bits per heavy atom. The molecule has 2 aliphatic heterocycles. The van der Waals surface area contributed by atoms with Crippen LogP contribution in [0.15, 0.2) is 48.5 Å². The Morgan fingerprint density at radius 3 is 2.33 bits per heavy atom. The average Bonchev–Trinajstić information content (AvgIpc) is 3.30. The van der Waals surface area contributed by atoms with E-state index in [1.807, 2.05) is 24.3 Å². The third kappa shape index (κ3) is 3.79. The lowest BCUT2D eigenvalue weighted by atomic mass is 10.1. The highest BCUT2D eigenvalue weighted by Crippen LogP contribution is 2.32. The molecule has 0 spiro atoms. The van der Waals surface area contributed by atoms with Crippen LogP contribution in [0.25, 0.3) is 9.69 Å². The molecule has 0 amide bonds. The van der Waals surface area contributed by atoms with E-state index in [0.717, 1.165) is 5.56 Å². The summed E-state index contributed by atoms with van der Waals surface area (Å²) in [4.78, 5) is 6.86. The lowest BCUT2D eigenvalue weighted by molar-refractivity contribution is -0.0425. The lowest BCUT2D eigenvalue weighted by Crippen LogP contribution is -2.35. The zero-order valence-corrected chi connectivity index (χ0v) is 14.6. The van der Waals surface area contributed by atoms with Crippen LogP contribution >= 0.6 is 0 Å². The second kappa shape index (κ2) is 7.77. The molecule has 2 aromatic carbocycles. The van der Waals surface area contributed by atoms with Crippen molar-refractivity contribution in [3.05, 3.63) is 76.9 Å². The first kappa shape index (κ1) is 17.5. The molecule has 0 unspecified atom stereocenters. The van der Waals surface area contributed by atoms with Crippen LogP contribution in [0.4, 0.5) is 11.4 Å². The summed E-state index contributed by atoms with van der Waals surface area (Å²) in [5.41, 5.74) is 2.09. The molecular weight excluding hydrogens is 344 g/mol. The number of rotatable bonds is 5. The molecule has 4 rings (SSSR count). The Hall–Kier alpha value is -2.90. The maximum Gasteiger partial charge on any atom is 0.190 e. The Kier molecular flexibility index (Phi) is 5.04. The van der Waals surface area contributed by atoms with Crippen LogP contribution in [0.1, 0.15) is 5.56 Å². The first-order valence-corrected chi connectivity index (χ1v) is 8.72. The standard InChI is InChI=1S/C21H18N2O4/c1-22-15-6-3-5-14(9-15)11-24-18-12-25-21-19(13-26-20(18)21)27-17-8-4-7-16(10-17)23-2/h3-10,18-21H,11-13H2/t18-,19+,20+,21+/m0/s1. The van der Waals surface area contributed by atoms with Gasteiger partial charge >= 0.3 is 0 Å². The van der Waals surface area contributed by atoms with Gasteiger partial charge in [0.25, 0.3) is 0 Å². The zero-order valence-electron chi connectivity index (χ0n) is 14.6. The van der Waals surface area contributed by atoms with E-state index in [0.29, 0.717) is 36.9 Å². The molecular formula is C21H18N2O4. The minimum atomic E-state index is -0.227. The summed E-state index contributed by atoms with van der Waals surface area (Å²) < 4.78 is 23.7. The molecule has 2 saturated heterocycles. The largest absolute Gasteiger partial charge is 0.487 e. The minimum absolute atomic E-state index is 0.172. The van der Waals surface area contributed by atoms with E-state index in [9.17, 15) is 0 Å². The summed E-state index contributed by atoms with van der Waals surface area (Å²) in [6.07, 6.45) is -0.769. The number of nitrogens with zero attached hydrogens (tertiary/aromatic N) is 2. The second-order valence-electron chi connectivity index (χ2n) is 6.49. The van der Waals surface area contributed by atoms with Gasteiger partial charge < -0.3 is 18.9 Å². The lowest BCUT2D eigenvalue weighted by Gasteiger charge is -2.18. The van der Waals surface area contributed by atoms with Crippen LogP contribution < -0.4 is 4.74 Å². The SMILES string of the molecule is [C-]#[N+]c1cccc(CO[C@H]2CO[C@H]3[C@@H]2OC[C@H]3Oc2cccc([N+]#[C-])c2)c1. The Balaban J connectivity index is 1.35. The third-order valence-electron chi connectivity index (χ3n) is 4.70. The molecule has 6 heteroatoms. The van der Waals surface area contributed by atoms with E-state index < -0.39 is 0 Å². The summed E-state index contributed by atoms with van der Waals surface area (Å²) >= 11 is 0. The van der Waals surface area contributed by atoms with Gasteiger partial charge in [0.2, 0.25) is 0 Å². The number of ether oxygens (including phenoxy) is 4. The fourth-order valence-electron chi connectivity index (χ4n) is 3.39. The van der Waals surface area contributed by atoms with Gasteiger partial charge in [-0.3, -0.25) is 0 Å². The molecule has 6 nitrogen and oxygen atoms in total. The van der Waals surface area contributed by atoms with Crippen molar-refractivity contribution in [2.45, 2.75) is 31.0 Å². The van der Waals surface area contributed by atoms with Crippen molar-refractivity contribution in [2.24, 2.45) is 0 Å². The van der Waals surface area contributed by atoms with Crippen molar-refractivity contribution in [2.75, 3.05) is 13.2 Å². The van der Waals surface area contributed by atoms with Crippen molar-refractivity contribution in [3.8, 4) is 5.75 Å². The van der Waals surface area contributed by atoms with E-state index in [2.05, 4.69) is 9.69 Å². The van der Waals surface area contributed by atoms with Gasteiger partial charge in [-0.1, -0.05) is 36.4 Å². The van der Waals surface area contributed by atoms with Crippen LogP contribution in [0.5, 0.6) is 5.75 Å². The molecule has 2 aliphatic rings. The highest BCUT2D eigenvalue weighted by atomic mass is 16.6. The molecule has 0 saturated carbocycles. The van der Waals surface area contributed by atoms with Gasteiger partial charge in [0.15, 0.2) is 17.5 Å². The molecule has 4 atom stereocenters. The van der Waals surface area contributed by atoms with Crippen LogP contribution in [0, 0.1) is 13.1 Å². The summed E-state index contributed by atoms with van der Waals surface area (Å²) in [7, 11) is 0. The van der Waals surface area contributed by atoms with Crippen molar-refractivity contribution >= 4 is 11.4 Å². The summed E-state index contributed by atoms with van der Waals surface area (Å²) in [5.74, 6) is 0.640. The molecule has 136 valence electrons. The normalized spacial score (nSPS) is 26.1. The number of hydrogen-bond acceptors (Lipinski definition) is 4. The van der Waals surface area contributed by atoms with Gasteiger partial charge in [0, 0.05) is 0 Å². The zero-order chi connectivity index (χ0) is 18.6. The van der Waals surface area contributed by atoms with E-state index in [4.69, 9.17) is 32.1 Å². The van der Waals surface area contributed by atoms with Gasteiger partial charge in [-0.25, -0.2) is 9.69 Å². The number of hydrogen-bond donors (Lipinski definition) is 0. The van der Waals surface area contributed by atoms with Crippen molar-refractivity contribution in [3.63, 3.8) is 0 Å². The van der Waals surface area contributed by atoms with Gasteiger partial charge in [0.05, 0.1) is 33.0 Å². The fraction of sp³-hybridized carbons (Fsp3) is 0.333. The summed E-state index contributed by atoms with van der Waals surface area (Å²) in [6, 6.07) is 14.5. The minimum Gasteiger partial charge on any atom is -0.487 e. The molecule has 0 bridgehead atoms. The molecule has 27 heavy (non-hydrogen) atoms. The van der Waals surface area contributed by atoms with Crippen LogP contribution in [-0.2, 0) is 20.8 Å². The van der Waals surface area contributed by atoms with Gasteiger partial charge in [-0.2, -0.15) is 0 Å². The quantitative estimate of drug-likeness (QED) is 0.757. The number of fused-ring (bicyclic) bond motifs is 1. The monoisotopic (exact) mass is 362 g/mol. The molecule has 2 fully saturated rings. The molecule has 0 aromatic heterocycles. The smallest absolute Gasteiger partial charge is 0.190 e. The molecule has 0 aliphatic carbocycles. The topological polar surface area (TPSA) is 45.6 Å². The first-order valence-electron chi connectivity index (χ1n) is 8.72. The summed E-state index contributed by atoms with van der Waals surface area (Å²) in [5, 5.41) is 0. The molecule has 0 N–H and O–H groups in total. The van der Waals surface area contributed by atoms with Crippen LogP contribution in [0.2, 0.25) is 0 Å². The molecule has 2 aromatic rings. The van der Waals surface area contributed by atoms with Gasteiger partial charge in [0.1, 0.15) is 24.1 Å². The van der Waals surface area contributed by atoms with E-state index in [-0.39, 0.29) is 24.4 Å². The maximum atomic E-state index is 7.10. The van der Waals surface area contributed by atoms with Crippen molar-refractivity contribution in [1.82, 2.24) is 0 Å². The number of benzene rings is 2. The first-order chi connectivity index (χ1) is 13.3. The predicted molar refractivity (Wildman–Crippen MR) is 97.9 cm³/mol. The highest BCUT2D eigenvalue weighted by molar-refractivity contribution is 5.49. The van der Waals surface area contributed by atoms with Crippen LogP contribution in [0.3, 0.4) is 0 Å². The Bertz CT molecular complexity index is 902. The fourth-order valence-corrected chi connectivity index (χ4v) is 3.39. The highest BCUT2D eigenvalue weighted by Gasteiger charge is 2.49. The molecule has 0 radical (unpaired) electrons. The predicted octanol–water partition coefficient (Wildman–Crippen LogP) is 3.92. The second-order valence-corrected chi connectivity index (χ2v) is 6.49. The van der Waals surface area contributed by atoms with E-state index in [1.54, 1.807) is 24.3 Å². The third-order valence-corrected chi connectivity index (χ3v) is 4.70.